The predicted molar refractivity (Wildman–Crippen MR) is 53.4 cm³/mol. The summed E-state index contributed by atoms with van der Waals surface area (Å²) in [6.07, 6.45) is 0. The second kappa shape index (κ2) is 4.59. The molecule has 0 aliphatic heterocycles. The molecule has 1 rings (SSSR count). The van der Waals surface area contributed by atoms with Crippen molar-refractivity contribution in [2.75, 3.05) is 13.1 Å². The van der Waals surface area contributed by atoms with Crippen molar-refractivity contribution in [3.63, 3.8) is 0 Å². The van der Waals surface area contributed by atoms with Gasteiger partial charge in [0.1, 0.15) is 0 Å². The second-order valence-corrected chi connectivity index (χ2v) is 4.47. The SMILES string of the molecule is NCCNC(=O)c1csc(Br)c1. The molecular weight excluding hydrogens is 240 g/mol. The standard InChI is InChI=1S/C7H9BrN2OS/c8-6-3-5(4-12-6)7(11)10-2-1-9/h3-4H,1-2,9H2,(H,10,11). The monoisotopic (exact) mass is 248 g/mol. The van der Waals surface area contributed by atoms with Crippen molar-refractivity contribution in [1.82, 2.24) is 5.32 Å². The van der Waals surface area contributed by atoms with Crippen LogP contribution in [0.3, 0.4) is 0 Å². The van der Waals surface area contributed by atoms with E-state index in [9.17, 15) is 4.79 Å². The van der Waals surface area contributed by atoms with E-state index in [1.807, 2.05) is 0 Å². The summed E-state index contributed by atoms with van der Waals surface area (Å²) < 4.78 is 0.959. The molecule has 5 heteroatoms. The first-order chi connectivity index (χ1) is 5.74. The molecule has 0 radical (unpaired) electrons. The minimum atomic E-state index is -0.0672. The summed E-state index contributed by atoms with van der Waals surface area (Å²) in [5, 5.41) is 4.49. The average Bonchev–Trinajstić information content (AvgIpc) is 2.47. The maximum Gasteiger partial charge on any atom is 0.252 e. The molecule has 0 saturated carbocycles. The molecule has 12 heavy (non-hydrogen) atoms. The number of thiophene rings is 1. The van der Waals surface area contributed by atoms with Gasteiger partial charge >= 0.3 is 0 Å². The smallest absolute Gasteiger partial charge is 0.252 e. The van der Waals surface area contributed by atoms with Crippen LogP contribution in [0.25, 0.3) is 0 Å². The molecule has 1 aromatic heterocycles. The van der Waals surface area contributed by atoms with Gasteiger partial charge in [-0.25, -0.2) is 0 Å². The molecule has 0 atom stereocenters. The number of hydrogen-bond acceptors (Lipinski definition) is 3. The Kier molecular flexibility index (Phi) is 3.71. The Morgan fingerprint density at radius 1 is 1.75 bits per heavy atom. The number of rotatable bonds is 3. The van der Waals surface area contributed by atoms with Crippen molar-refractivity contribution in [1.29, 1.82) is 0 Å². The van der Waals surface area contributed by atoms with Gasteiger partial charge in [-0.1, -0.05) is 0 Å². The number of nitrogens with two attached hydrogens (primary N) is 1. The van der Waals surface area contributed by atoms with E-state index < -0.39 is 0 Å². The quantitative estimate of drug-likeness (QED) is 0.845. The zero-order valence-electron chi connectivity index (χ0n) is 6.34. The van der Waals surface area contributed by atoms with E-state index in [-0.39, 0.29) is 5.91 Å². The van der Waals surface area contributed by atoms with Gasteiger partial charge in [0.05, 0.1) is 9.35 Å². The molecule has 0 aliphatic carbocycles. The Hall–Kier alpha value is -0.390. The highest BCUT2D eigenvalue weighted by Crippen LogP contribution is 2.20. The molecule has 0 unspecified atom stereocenters. The topological polar surface area (TPSA) is 55.1 Å². The van der Waals surface area contributed by atoms with E-state index >= 15 is 0 Å². The maximum atomic E-state index is 11.2. The zero-order chi connectivity index (χ0) is 8.97. The predicted octanol–water partition coefficient (Wildman–Crippen LogP) is 1.20. The Morgan fingerprint density at radius 3 is 3.00 bits per heavy atom. The van der Waals surface area contributed by atoms with Crippen molar-refractivity contribution >= 4 is 33.2 Å². The van der Waals surface area contributed by atoms with Crippen LogP contribution in [-0.2, 0) is 0 Å². The number of carbonyl (C=O) groups is 1. The lowest BCUT2D eigenvalue weighted by atomic mass is 10.3. The van der Waals surface area contributed by atoms with Crippen molar-refractivity contribution < 1.29 is 4.79 Å². The number of halogens is 1. The Labute approximate surface area is 83.1 Å². The minimum Gasteiger partial charge on any atom is -0.351 e. The molecule has 1 heterocycles. The van der Waals surface area contributed by atoms with E-state index in [1.165, 1.54) is 11.3 Å². The van der Waals surface area contributed by atoms with Crippen LogP contribution in [0.2, 0.25) is 0 Å². The number of carbonyl (C=O) groups excluding carboxylic acids is 1. The Morgan fingerprint density at radius 2 is 2.50 bits per heavy atom. The van der Waals surface area contributed by atoms with Gasteiger partial charge in [0.15, 0.2) is 0 Å². The molecule has 0 saturated heterocycles. The van der Waals surface area contributed by atoms with Gasteiger partial charge in [-0.3, -0.25) is 4.79 Å². The first-order valence-corrected chi connectivity index (χ1v) is 5.13. The van der Waals surface area contributed by atoms with Crippen LogP contribution in [0.5, 0.6) is 0 Å². The number of hydrogen-bond donors (Lipinski definition) is 2. The van der Waals surface area contributed by atoms with Gasteiger partial charge in [0, 0.05) is 18.5 Å². The lowest BCUT2D eigenvalue weighted by Gasteiger charge is -1.99. The van der Waals surface area contributed by atoms with Crippen LogP contribution in [-0.4, -0.2) is 19.0 Å². The fourth-order valence-corrected chi connectivity index (χ4v) is 1.85. The van der Waals surface area contributed by atoms with Crippen molar-refractivity contribution in [2.24, 2.45) is 5.73 Å². The molecule has 0 bridgehead atoms. The molecule has 0 fully saturated rings. The highest BCUT2D eigenvalue weighted by molar-refractivity contribution is 9.11. The average molecular weight is 249 g/mol. The lowest BCUT2D eigenvalue weighted by molar-refractivity contribution is 0.0955. The van der Waals surface area contributed by atoms with Crippen molar-refractivity contribution in [3.05, 3.63) is 20.8 Å². The van der Waals surface area contributed by atoms with Crippen LogP contribution >= 0.6 is 27.3 Å². The van der Waals surface area contributed by atoms with Crippen LogP contribution in [0.1, 0.15) is 10.4 Å². The molecule has 66 valence electrons. The first-order valence-electron chi connectivity index (χ1n) is 3.46. The molecule has 0 aliphatic rings. The van der Waals surface area contributed by atoms with Gasteiger partial charge in [0.2, 0.25) is 0 Å². The summed E-state index contributed by atoms with van der Waals surface area (Å²) >= 11 is 4.77. The van der Waals surface area contributed by atoms with E-state index in [0.29, 0.717) is 18.7 Å². The minimum absolute atomic E-state index is 0.0672. The lowest BCUT2D eigenvalue weighted by Crippen LogP contribution is -2.28. The van der Waals surface area contributed by atoms with Crippen LogP contribution in [0.4, 0.5) is 0 Å². The highest BCUT2D eigenvalue weighted by atomic mass is 79.9. The van der Waals surface area contributed by atoms with Crippen LogP contribution in [0, 0.1) is 0 Å². The third-order valence-electron chi connectivity index (χ3n) is 1.26. The van der Waals surface area contributed by atoms with Gasteiger partial charge in [-0.2, -0.15) is 0 Å². The summed E-state index contributed by atoms with van der Waals surface area (Å²) in [5.74, 6) is -0.0672. The number of nitrogens with one attached hydrogen (secondary N) is 1. The summed E-state index contributed by atoms with van der Waals surface area (Å²) in [4.78, 5) is 11.2. The van der Waals surface area contributed by atoms with Crippen molar-refractivity contribution in [2.45, 2.75) is 0 Å². The third-order valence-corrected chi connectivity index (χ3v) is 2.76. The molecular formula is C7H9BrN2OS. The number of amides is 1. The van der Waals surface area contributed by atoms with Crippen LogP contribution in [0.15, 0.2) is 15.2 Å². The normalized spacial score (nSPS) is 9.83. The fourth-order valence-electron chi connectivity index (χ4n) is 0.717. The summed E-state index contributed by atoms with van der Waals surface area (Å²) in [6.45, 7) is 0.989. The van der Waals surface area contributed by atoms with E-state index in [4.69, 9.17) is 5.73 Å². The van der Waals surface area contributed by atoms with E-state index in [0.717, 1.165) is 3.79 Å². The van der Waals surface area contributed by atoms with Gasteiger partial charge < -0.3 is 11.1 Å². The van der Waals surface area contributed by atoms with E-state index in [1.54, 1.807) is 11.4 Å². The molecule has 3 N–H and O–H groups in total. The molecule has 0 aromatic carbocycles. The summed E-state index contributed by atoms with van der Waals surface area (Å²) in [5.41, 5.74) is 5.92. The zero-order valence-corrected chi connectivity index (χ0v) is 8.74. The molecule has 1 amide bonds. The van der Waals surface area contributed by atoms with Crippen molar-refractivity contribution in [3.8, 4) is 0 Å². The molecule has 0 spiro atoms. The Bertz CT molecular complexity index is 274. The molecule has 3 nitrogen and oxygen atoms in total. The van der Waals surface area contributed by atoms with Gasteiger partial charge in [-0.15, -0.1) is 11.3 Å². The maximum absolute atomic E-state index is 11.2. The van der Waals surface area contributed by atoms with Crippen LogP contribution < -0.4 is 11.1 Å². The van der Waals surface area contributed by atoms with E-state index in [2.05, 4.69) is 21.2 Å². The Balaban J connectivity index is 2.53. The highest BCUT2D eigenvalue weighted by Gasteiger charge is 2.05. The first kappa shape index (κ1) is 9.70. The largest absolute Gasteiger partial charge is 0.351 e. The fraction of sp³-hybridized carbons (Fsp3) is 0.286. The molecule has 1 aromatic rings. The summed E-state index contributed by atoms with van der Waals surface area (Å²) in [6, 6.07) is 1.79. The van der Waals surface area contributed by atoms with Gasteiger partial charge in [0.25, 0.3) is 5.91 Å². The third kappa shape index (κ3) is 2.58. The second-order valence-electron chi connectivity index (χ2n) is 2.18. The van der Waals surface area contributed by atoms with Gasteiger partial charge in [-0.05, 0) is 22.0 Å². The summed E-state index contributed by atoms with van der Waals surface area (Å²) in [7, 11) is 0.